The maximum absolute atomic E-state index is 12.6. The normalized spacial score (nSPS) is 19.5. The van der Waals surface area contributed by atoms with Crippen molar-refractivity contribution in [2.24, 2.45) is 0 Å². The second-order valence-electron chi connectivity index (χ2n) is 5.14. The summed E-state index contributed by atoms with van der Waals surface area (Å²) >= 11 is 0. The number of aliphatic hydroxyl groups is 1. The molecule has 1 atom stereocenters. The molecule has 1 fully saturated rings. The maximum Gasteiger partial charge on any atom is 0.254 e. The number of nitrogen functional groups attached to an aromatic ring is 1. The van der Waals surface area contributed by atoms with Gasteiger partial charge in [0.2, 0.25) is 0 Å². The second-order valence-corrected chi connectivity index (χ2v) is 5.14. The van der Waals surface area contributed by atoms with Crippen molar-refractivity contribution in [3.63, 3.8) is 0 Å². The van der Waals surface area contributed by atoms with Gasteiger partial charge in [-0.15, -0.1) is 0 Å². The summed E-state index contributed by atoms with van der Waals surface area (Å²) in [7, 11) is 1.55. The Bertz CT molecular complexity index is 476. The lowest BCUT2D eigenvalue weighted by molar-refractivity contribution is 0.0600. The van der Waals surface area contributed by atoms with Gasteiger partial charge in [-0.3, -0.25) is 4.79 Å². The third-order valence-electron chi connectivity index (χ3n) is 3.83. The molecule has 1 aliphatic heterocycles. The van der Waals surface area contributed by atoms with Crippen LogP contribution in [0.1, 0.15) is 36.0 Å². The number of carbonyl (C=O) groups is 1. The van der Waals surface area contributed by atoms with Crippen molar-refractivity contribution in [1.29, 1.82) is 0 Å². The molecule has 1 aromatic rings. The first-order chi connectivity index (χ1) is 9.67. The molecule has 0 bridgehead atoms. The summed E-state index contributed by atoms with van der Waals surface area (Å²) in [4.78, 5) is 14.4. The number of rotatable bonds is 3. The molecule has 2 rings (SSSR count). The van der Waals surface area contributed by atoms with Gasteiger partial charge in [-0.1, -0.05) is 12.8 Å². The van der Waals surface area contributed by atoms with Crippen molar-refractivity contribution < 1.29 is 14.6 Å². The average molecular weight is 278 g/mol. The van der Waals surface area contributed by atoms with Crippen LogP contribution in [-0.2, 0) is 0 Å². The number of aliphatic hydroxyl groups excluding tert-OH is 1. The maximum atomic E-state index is 12.6. The zero-order chi connectivity index (χ0) is 14.5. The average Bonchev–Trinajstić information content (AvgIpc) is 2.71. The van der Waals surface area contributed by atoms with E-state index in [4.69, 9.17) is 10.5 Å². The molecule has 0 saturated carbocycles. The Hall–Kier alpha value is -1.75. The van der Waals surface area contributed by atoms with Crippen LogP contribution in [0.25, 0.3) is 0 Å². The van der Waals surface area contributed by atoms with E-state index in [0.717, 1.165) is 25.7 Å². The summed E-state index contributed by atoms with van der Waals surface area (Å²) < 4.78 is 5.10. The lowest BCUT2D eigenvalue weighted by Crippen LogP contribution is -2.42. The molecule has 0 aromatic heterocycles. The van der Waals surface area contributed by atoms with E-state index in [1.807, 2.05) is 0 Å². The standard InChI is InChI=1S/C15H22N2O3/c1-20-14-7-6-11(9-13(14)16)15(19)17-8-4-2-3-5-12(17)10-18/h6-7,9,12,18H,2-5,8,10,16H2,1H3. The van der Waals surface area contributed by atoms with Gasteiger partial charge in [-0.25, -0.2) is 0 Å². The van der Waals surface area contributed by atoms with Crippen LogP contribution in [0.2, 0.25) is 0 Å². The summed E-state index contributed by atoms with van der Waals surface area (Å²) in [6, 6.07) is 4.97. The van der Waals surface area contributed by atoms with Crippen molar-refractivity contribution in [3.8, 4) is 5.75 Å². The van der Waals surface area contributed by atoms with Gasteiger partial charge in [0.05, 0.1) is 25.4 Å². The Morgan fingerprint density at radius 1 is 1.45 bits per heavy atom. The Morgan fingerprint density at radius 3 is 2.90 bits per heavy atom. The molecule has 0 aliphatic carbocycles. The van der Waals surface area contributed by atoms with Gasteiger partial charge >= 0.3 is 0 Å². The number of nitrogens with zero attached hydrogens (tertiary/aromatic N) is 1. The van der Waals surface area contributed by atoms with Crippen LogP contribution in [0.15, 0.2) is 18.2 Å². The number of carbonyl (C=O) groups excluding carboxylic acids is 1. The zero-order valence-corrected chi connectivity index (χ0v) is 11.8. The van der Waals surface area contributed by atoms with Crippen molar-refractivity contribution in [3.05, 3.63) is 23.8 Å². The molecular formula is C15H22N2O3. The molecule has 1 aliphatic rings. The predicted octanol–water partition coefficient (Wildman–Crippen LogP) is 1.65. The lowest BCUT2D eigenvalue weighted by atomic mass is 10.1. The number of hydrogen-bond donors (Lipinski definition) is 2. The fourth-order valence-electron chi connectivity index (χ4n) is 2.67. The minimum atomic E-state index is -0.0895. The molecule has 110 valence electrons. The molecule has 20 heavy (non-hydrogen) atoms. The number of likely N-dealkylation sites (tertiary alicyclic amines) is 1. The summed E-state index contributed by atoms with van der Waals surface area (Å²) in [6.07, 6.45) is 3.99. The summed E-state index contributed by atoms with van der Waals surface area (Å²) in [6.45, 7) is 0.702. The molecule has 1 aromatic carbocycles. The number of hydrogen-bond acceptors (Lipinski definition) is 4. The number of anilines is 1. The van der Waals surface area contributed by atoms with E-state index in [0.29, 0.717) is 23.5 Å². The van der Waals surface area contributed by atoms with Gasteiger partial charge in [0.25, 0.3) is 5.91 Å². The Morgan fingerprint density at radius 2 is 2.25 bits per heavy atom. The van der Waals surface area contributed by atoms with Gasteiger partial charge in [0.1, 0.15) is 5.75 Å². The monoisotopic (exact) mass is 278 g/mol. The van der Waals surface area contributed by atoms with E-state index < -0.39 is 0 Å². The van der Waals surface area contributed by atoms with Crippen LogP contribution < -0.4 is 10.5 Å². The molecule has 1 unspecified atom stereocenters. The molecule has 3 N–H and O–H groups in total. The Balaban J connectivity index is 2.22. The van der Waals surface area contributed by atoms with E-state index in [-0.39, 0.29) is 18.6 Å². The fraction of sp³-hybridized carbons (Fsp3) is 0.533. The summed E-state index contributed by atoms with van der Waals surface area (Å²) in [5.41, 5.74) is 6.85. The van der Waals surface area contributed by atoms with Crippen LogP contribution in [-0.4, -0.2) is 42.2 Å². The largest absolute Gasteiger partial charge is 0.495 e. The number of ether oxygens (including phenoxy) is 1. The van der Waals surface area contributed by atoms with Crippen LogP contribution >= 0.6 is 0 Å². The minimum absolute atomic E-state index is 0.0113. The van der Waals surface area contributed by atoms with Crippen molar-refractivity contribution in [2.45, 2.75) is 31.7 Å². The molecule has 1 amide bonds. The van der Waals surface area contributed by atoms with Crippen LogP contribution in [0, 0.1) is 0 Å². The fourth-order valence-corrected chi connectivity index (χ4v) is 2.67. The molecule has 5 heteroatoms. The van der Waals surface area contributed by atoms with E-state index in [9.17, 15) is 9.90 Å². The van der Waals surface area contributed by atoms with Gasteiger partial charge in [0, 0.05) is 12.1 Å². The zero-order valence-electron chi connectivity index (χ0n) is 11.8. The molecular weight excluding hydrogens is 256 g/mol. The highest BCUT2D eigenvalue weighted by Crippen LogP contribution is 2.24. The van der Waals surface area contributed by atoms with Crippen LogP contribution in [0.4, 0.5) is 5.69 Å². The van der Waals surface area contributed by atoms with Gasteiger partial charge in [-0.2, -0.15) is 0 Å². The van der Waals surface area contributed by atoms with Crippen molar-refractivity contribution in [1.82, 2.24) is 4.90 Å². The van der Waals surface area contributed by atoms with E-state index in [1.165, 1.54) is 0 Å². The van der Waals surface area contributed by atoms with Gasteiger partial charge < -0.3 is 20.5 Å². The van der Waals surface area contributed by atoms with E-state index in [2.05, 4.69) is 0 Å². The summed E-state index contributed by atoms with van der Waals surface area (Å²) in [5.74, 6) is 0.497. The molecule has 0 spiro atoms. The van der Waals surface area contributed by atoms with E-state index in [1.54, 1.807) is 30.2 Å². The predicted molar refractivity (Wildman–Crippen MR) is 77.8 cm³/mol. The number of methoxy groups -OCH3 is 1. The quantitative estimate of drug-likeness (QED) is 0.824. The summed E-state index contributed by atoms with van der Waals surface area (Å²) in [5, 5.41) is 9.48. The van der Waals surface area contributed by atoms with Crippen LogP contribution in [0.3, 0.4) is 0 Å². The SMILES string of the molecule is COc1ccc(C(=O)N2CCCCCC2CO)cc1N. The smallest absolute Gasteiger partial charge is 0.254 e. The lowest BCUT2D eigenvalue weighted by Gasteiger charge is -2.28. The number of benzene rings is 1. The van der Waals surface area contributed by atoms with Gasteiger partial charge in [0.15, 0.2) is 0 Å². The highest BCUT2D eigenvalue weighted by atomic mass is 16.5. The van der Waals surface area contributed by atoms with Gasteiger partial charge in [-0.05, 0) is 31.0 Å². The van der Waals surface area contributed by atoms with Crippen LogP contribution in [0.5, 0.6) is 5.75 Å². The highest BCUT2D eigenvalue weighted by molar-refractivity contribution is 5.95. The molecule has 1 heterocycles. The van der Waals surface area contributed by atoms with Crippen molar-refractivity contribution in [2.75, 3.05) is 26.0 Å². The van der Waals surface area contributed by atoms with E-state index >= 15 is 0 Å². The Kier molecular flexibility index (Phi) is 4.84. The third-order valence-corrected chi connectivity index (χ3v) is 3.83. The highest BCUT2D eigenvalue weighted by Gasteiger charge is 2.26. The topological polar surface area (TPSA) is 75.8 Å². The minimum Gasteiger partial charge on any atom is -0.495 e. The molecule has 5 nitrogen and oxygen atoms in total. The first kappa shape index (κ1) is 14.7. The third kappa shape index (κ3) is 3.04. The molecule has 0 radical (unpaired) electrons. The number of amides is 1. The number of nitrogens with two attached hydrogens (primary N) is 1. The Labute approximate surface area is 119 Å². The first-order valence-electron chi connectivity index (χ1n) is 7.02. The second kappa shape index (κ2) is 6.61. The molecule has 1 saturated heterocycles. The van der Waals surface area contributed by atoms with Crippen molar-refractivity contribution >= 4 is 11.6 Å². The first-order valence-corrected chi connectivity index (χ1v) is 7.02.